The van der Waals surface area contributed by atoms with Crippen molar-refractivity contribution in [2.75, 3.05) is 44.3 Å². The van der Waals surface area contributed by atoms with Crippen molar-refractivity contribution in [1.82, 2.24) is 10.2 Å². The van der Waals surface area contributed by atoms with Crippen molar-refractivity contribution in [3.63, 3.8) is 0 Å². The standard InChI is InChI=1S/C27H30ClN3O5S/c1-35-26-11-10-23(28)17-25(26)31(37(33,34)24-8-3-2-4-9-24)20-27(32)29-18-21-6-5-7-22(16-21)19-30-12-14-36-15-13-30/h2-11,16-17H,12-15,18-20H2,1H3,(H,29,32). The molecule has 3 aromatic carbocycles. The number of hydrogen-bond acceptors (Lipinski definition) is 6. The zero-order valence-corrected chi connectivity index (χ0v) is 22.2. The Hall–Kier alpha value is -3.11. The maximum Gasteiger partial charge on any atom is 0.264 e. The normalized spacial score (nSPS) is 14.2. The van der Waals surface area contributed by atoms with Gasteiger partial charge in [-0.25, -0.2) is 8.42 Å². The van der Waals surface area contributed by atoms with Crippen LogP contribution in [0.5, 0.6) is 5.75 Å². The van der Waals surface area contributed by atoms with Gasteiger partial charge in [-0.05, 0) is 41.5 Å². The van der Waals surface area contributed by atoms with Gasteiger partial charge in [-0.2, -0.15) is 0 Å². The number of anilines is 1. The second-order valence-corrected chi connectivity index (χ2v) is 10.9. The zero-order chi connectivity index (χ0) is 26.3. The first-order chi connectivity index (χ1) is 17.9. The number of methoxy groups -OCH3 is 1. The molecule has 10 heteroatoms. The fourth-order valence-electron chi connectivity index (χ4n) is 4.12. The minimum absolute atomic E-state index is 0.0562. The molecule has 0 spiro atoms. The molecule has 0 aliphatic carbocycles. The molecule has 1 aliphatic heterocycles. The van der Waals surface area contributed by atoms with Gasteiger partial charge in [0.05, 0.1) is 30.9 Å². The van der Waals surface area contributed by atoms with E-state index in [1.54, 1.807) is 30.3 Å². The summed E-state index contributed by atoms with van der Waals surface area (Å²) in [5, 5.41) is 3.17. The van der Waals surface area contributed by atoms with Crippen molar-refractivity contribution in [3.05, 3.63) is 88.9 Å². The molecule has 196 valence electrons. The Morgan fingerprint density at radius 1 is 1.03 bits per heavy atom. The number of nitrogens with one attached hydrogen (secondary N) is 1. The second-order valence-electron chi connectivity index (χ2n) is 8.63. The first-order valence-corrected chi connectivity index (χ1v) is 13.7. The van der Waals surface area contributed by atoms with Crippen molar-refractivity contribution in [1.29, 1.82) is 0 Å². The number of carbonyl (C=O) groups excluding carboxylic acids is 1. The molecule has 0 bridgehead atoms. The van der Waals surface area contributed by atoms with Crippen molar-refractivity contribution >= 4 is 33.2 Å². The molecule has 1 fully saturated rings. The lowest BCUT2D eigenvalue weighted by molar-refractivity contribution is -0.119. The number of sulfonamides is 1. The lowest BCUT2D eigenvalue weighted by Crippen LogP contribution is -2.41. The maximum atomic E-state index is 13.6. The Morgan fingerprint density at radius 2 is 1.76 bits per heavy atom. The summed E-state index contributed by atoms with van der Waals surface area (Å²) in [6.45, 7) is 3.87. The van der Waals surface area contributed by atoms with E-state index in [0.29, 0.717) is 5.02 Å². The Balaban J connectivity index is 1.51. The largest absolute Gasteiger partial charge is 0.495 e. The molecule has 0 saturated carbocycles. The summed E-state index contributed by atoms with van der Waals surface area (Å²) < 4.78 is 39.0. The monoisotopic (exact) mass is 543 g/mol. The van der Waals surface area contributed by atoms with Crippen LogP contribution in [0.15, 0.2) is 77.7 Å². The van der Waals surface area contributed by atoms with Gasteiger partial charge in [-0.3, -0.25) is 14.0 Å². The number of ether oxygens (including phenoxy) is 2. The summed E-state index contributed by atoms with van der Waals surface area (Å²) in [6.07, 6.45) is 0. The van der Waals surface area contributed by atoms with Gasteiger partial charge in [0, 0.05) is 31.2 Å². The summed E-state index contributed by atoms with van der Waals surface area (Å²) in [7, 11) is -2.65. The van der Waals surface area contributed by atoms with Crippen molar-refractivity contribution in [3.8, 4) is 5.75 Å². The summed E-state index contributed by atoms with van der Waals surface area (Å²) in [4.78, 5) is 15.4. The van der Waals surface area contributed by atoms with Gasteiger partial charge < -0.3 is 14.8 Å². The van der Waals surface area contributed by atoms with Gasteiger partial charge in [-0.15, -0.1) is 0 Å². The number of halogens is 1. The molecule has 4 rings (SSSR count). The van der Waals surface area contributed by atoms with Gasteiger partial charge in [0.2, 0.25) is 5.91 Å². The van der Waals surface area contributed by atoms with Crippen LogP contribution in [-0.4, -0.2) is 59.2 Å². The number of benzene rings is 3. The zero-order valence-electron chi connectivity index (χ0n) is 20.6. The van der Waals surface area contributed by atoms with Crippen LogP contribution in [-0.2, 0) is 32.6 Å². The second kappa shape index (κ2) is 12.4. The number of amides is 1. The van der Waals surface area contributed by atoms with E-state index in [9.17, 15) is 13.2 Å². The van der Waals surface area contributed by atoms with Crippen LogP contribution < -0.4 is 14.4 Å². The van der Waals surface area contributed by atoms with E-state index in [-0.39, 0.29) is 22.9 Å². The van der Waals surface area contributed by atoms with E-state index in [4.69, 9.17) is 21.1 Å². The molecular weight excluding hydrogens is 514 g/mol. The highest BCUT2D eigenvalue weighted by Crippen LogP contribution is 2.34. The Labute approximate surface area is 222 Å². The summed E-state index contributed by atoms with van der Waals surface area (Å²) >= 11 is 6.19. The van der Waals surface area contributed by atoms with Crippen LogP contribution in [0.2, 0.25) is 5.02 Å². The van der Waals surface area contributed by atoms with Crippen LogP contribution in [0.1, 0.15) is 11.1 Å². The molecule has 1 saturated heterocycles. The van der Waals surface area contributed by atoms with E-state index < -0.39 is 22.5 Å². The molecule has 3 aromatic rings. The molecular formula is C27H30ClN3O5S. The predicted molar refractivity (Wildman–Crippen MR) is 143 cm³/mol. The Morgan fingerprint density at radius 3 is 2.49 bits per heavy atom. The van der Waals surface area contributed by atoms with Crippen LogP contribution in [0.4, 0.5) is 5.69 Å². The van der Waals surface area contributed by atoms with E-state index >= 15 is 0 Å². The van der Waals surface area contributed by atoms with Gasteiger partial charge in [0.1, 0.15) is 12.3 Å². The minimum atomic E-state index is -4.09. The lowest BCUT2D eigenvalue weighted by atomic mass is 10.1. The highest BCUT2D eigenvalue weighted by Gasteiger charge is 2.29. The fourth-order valence-corrected chi connectivity index (χ4v) is 5.73. The topological polar surface area (TPSA) is 88.2 Å². The van der Waals surface area contributed by atoms with Crippen LogP contribution in [0.3, 0.4) is 0 Å². The minimum Gasteiger partial charge on any atom is -0.495 e. The third-order valence-corrected chi connectivity index (χ3v) is 8.03. The highest BCUT2D eigenvalue weighted by molar-refractivity contribution is 7.92. The molecule has 1 amide bonds. The maximum absolute atomic E-state index is 13.6. The van der Waals surface area contributed by atoms with E-state index in [1.165, 1.54) is 25.3 Å². The van der Waals surface area contributed by atoms with Crippen LogP contribution >= 0.6 is 11.6 Å². The first-order valence-electron chi connectivity index (χ1n) is 11.9. The number of hydrogen-bond donors (Lipinski definition) is 1. The van der Waals surface area contributed by atoms with Crippen molar-refractivity contribution < 1.29 is 22.7 Å². The summed E-state index contributed by atoms with van der Waals surface area (Å²) in [5.41, 5.74) is 2.25. The molecule has 0 unspecified atom stereocenters. The third-order valence-electron chi connectivity index (χ3n) is 6.02. The Kier molecular flexibility index (Phi) is 9.04. The van der Waals surface area contributed by atoms with E-state index in [0.717, 1.165) is 48.3 Å². The number of rotatable bonds is 10. The molecule has 37 heavy (non-hydrogen) atoms. The summed E-state index contributed by atoms with van der Waals surface area (Å²) in [6, 6.07) is 20.6. The first kappa shape index (κ1) is 26.9. The van der Waals surface area contributed by atoms with Gasteiger partial charge >= 0.3 is 0 Å². The number of nitrogens with zero attached hydrogens (tertiary/aromatic N) is 2. The molecule has 1 heterocycles. The smallest absolute Gasteiger partial charge is 0.264 e. The van der Waals surface area contributed by atoms with E-state index in [1.807, 2.05) is 18.2 Å². The molecule has 8 nitrogen and oxygen atoms in total. The van der Waals surface area contributed by atoms with Gasteiger partial charge in [0.15, 0.2) is 0 Å². The average molecular weight is 544 g/mol. The molecule has 0 aromatic heterocycles. The number of morpholine rings is 1. The lowest BCUT2D eigenvalue weighted by Gasteiger charge is -2.26. The number of carbonyl (C=O) groups is 1. The van der Waals surface area contributed by atoms with E-state index in [2.05, 4.69) is 16.3 Å². The SMILES string of the molecule is COc1ccc(Cl)cc1N(CC(=O)NCc1cccc(CN2CCOCC2)c1)S(=O)(=O)c1ccccc1. The predicted octanol–water partition coefficient (Wildman–Crippen LogP) is 3.69. The molecule has 0 atom stereocenters. The Bertz CT molecular complexity index is 1310. The molecule has 0 radical (unpaired) electrons. The van der Waals surface area contributed by atoms with Crippen molar-refractivity contribution in [2.45, 2.75) is 18.0 Å². The van der Waals surface area contributed by atoms with Crippen LogP contribution in [0, 0.1) is 0 Å². The van der Waals surface area contributed by atoms with Gasteiger partial charge in [-0.1, -0.05) is 54.1 Å². The molecule has 1 aliphatic rings. The van der Waals surface area contributed by atoms with Crippen molar-refractivity contribution in [2.24, 2.45) is 0 Å². The average Bonchev–Trinajstić information content (AvgIpc) is 2.92. The fraction of sp³-hybridized carbons (Fsp3) is 0.296. The molecule has 1 N–H and O–H groups in total. The van der Waals surface area contributed by atoms with Gasteiger partial charge in [0.25, 0.3) is 10.0 Å². The highest BCUT2D eigenvalue weighted by atomic mass is 35.5. The van der Waals surface area contributed by atoms with Crippen LogP contribution in [0.25, 0.3) is 0 Å². The third kappa shape index (κ3) is 7.01. The quantitative estimate of drug-likeness (QED) is 0.419. The summed E-state index contributed by atoms with van der Waals surface area (Å²) in [5.74, 6) is -0.173.